The minimum Gasteiger partial charge on any atom is -0.790 e. The third-order valence-corrected chi connectivity index (χ3v) is 5.20. The molecule has 0 saturated carbocycles. The molecule has 14 heteroatoms. The van der Waals surface area contributed by atoms with Gasteiger partial charge in [0.1, 0.15) is 36.1 Å². The summed E-state index contributed by atoms with van der Waals surface area (Å²) < 4.78 is 22.0. The van der Waals surface area contributed by atoms with Gasteiger partial charge in [-0.15, -0.1) is 0 Å². The Hall–Kier alpha value is -0.370. The van der Waals surface area contributed by atoms with Crippen LogP contribution in [-0.2, 0) is 13.8 Å². The molecule has 0 unspecified atom stereocenters. The van der Waals surface area contributed by atoms with E-state index in [4.69, 9.17) is 10.5 Å². The molecule has 0 bridgehead atoms. The Balaban J connectivity index is 0.00000171. The van der Waals surface area contributed by atoms with E-state index in [2.05, 4.69) is 14.5 Å². The predicted octanol–water partition coefficient (Wildman–Crippen LogP) is -6.85. The number of hydrogen-bond donors (Lipinski definition) is 3. The first kappa shape index (κ1) is 26.9. The van der Waals surface area contributed by atoms with Crippen LogP contribution in [-0.4, -0.2) is 49.7 Å². The molecule has 1 aromatic carbocycles. The van der Waals surface area contributed by atoms with E-state index < -0.39 is 39.0 Å². The van der Waals surface area contributed by atoms with Crippen LogP contribution in [0.5, 0.6) is 0 Å². The molecule has 2 aromatic heterocycles. The topological polar surface area (TPSA) is 179 Å². The molecule has 0 spiro atoms. The van der Waals surface area contributed by atoms with Gasteiger partial charge in [-0.25, -0.2) is 9.97 Å². The maximum Gasteiger partial charge on any atom is 1.00 e. The predicted molar refractivity (Wildman–Crippen MR) is 96.9 cm³/mol. The second-order valence-electron chi connectivity index (χ2n) is 6.56. The van der Waals surface area contributed by atoms with E-state index in [1.807, 2.05) is 30.3 Å². The minimum absolute atomic E-state index is 0. The number of nitrogens with zero attached hydrogens (tertiary/aromatic N) is 3. The Morgan fingerprint density at radius 2 is 1.84 bits per heavy atom. The zero-order valence-electron chi connectivity index (χ0n) is 16.9. The van der Waals surface area contributed by atoms with Crippen molar-refractivity contribution in [3.8, 4) is 11.1 Å². The Morgan fingerprint density at radius 1 is 1.16 bits per heavy atom. The average molecular weight is 466 g/mol. The van der Waals surface area contributed by atoms with Crippen molar-refractivity contribution >= 4 is 24.7 Å². The number of phosphoric acid groups is 1. The molecule has 11 nitrogen and oxygen atoms in total. The summed E-state index contributed by atoms with van der Waals surface area (Å²) in [5, 5.41) is 21.2. The number of ether oxygens (including phenoxy) is 1. The fourth-order valence-corrected chi connectivity index (χ4v) is 3.73. The Morgan fingerprint density at radius 3 is 2.48 bits per heavy atom. The van der Waals surface area contributed by atoms with Crippen LogP contribution in [0.4, 0.5) is 5.82 Å². The first-order chi connectivity index (χ1) is 13.8. The van der Waals surface area contributed by atoms with Crippen molar-refractivity contribution in [3.63, 3.8) is 0 Å². The number of anilines is 1. The van der Waals surface area contributed by atoms with Gasteiger partial charge in [0.05, 0.1) is 19.8 Å². The zero-order valence-corrected chi connectivity index (χ0v) is 21.8. The maximum absolute atomic E-state index is 10.7. The summed E-state index contributed by atoms with van der Waals surface area (Å²) in [6, 6.07) is 9.28. The van der Waals surface area contributed by atoms with Crippen molar-refractivity contribution in [2.75, 3.05) is 12.3 Å². The standard InChI is InChI=1S/C17H19N4O7P.2Na/c18-15-12-10(9-4-2-1-3-5-9)6-21(16(12)20-8-19-15)17-14(23)13(22)11(28-17)7-27-29(24,25)26;;/h1-6,8,11,13-14,17,22-23H,7H2,(H2,18,19,20)(H2,24,25,26);;/q;2*+1/p-2/t11-,13-,14-,17-;;/m1../s1. The third-order valence-electron chi connectivity index (χ3n) is 4.73. The molecule has 3 aromatic rings. The van der Waals surface area contributed by atoms with Crippen molar-refractivity contribution in [1.82, 2.24) is 14.5 Å². The van der Waals surface area contributed by atoms with Crippen LogP contribution in [0.3, 0.4) is 0 Å². The number of aliphatic hydroxyl groups is 2. The SMILES string of the molecule is Nc1ncnc2c1c(-c1ccccc1)cn2[C@@H]1O[C@H](COP(=O)([O-])[O-])[C@@H](O)[C@H]1O.[Na+].[Na+]. The van der Waals surface area contributed by atoms with Crippen LogP contribution in [0.2, 0.25) is 0 Å². The summed E-state index contributed by atoms with van der Waals surface area (Å²) in [4.78, 5) is 29.7. The van der Waals surface area contributed by atoms with Gasteiger partial charge in [-0.2, -0.15) is 0 Å². The molecule has 4 rings (SSSR count). The largest absolute Gasteiger partial charge is 1.00 e. The van der Waals surface area contributed by atoms with Crippen LogP contribution in [0.25, 0.3) is 22.2 Å². The zero-order chi connectivity index (χ0) is 20.8. The summed E-state index contributed by atoms with van der Waals surface area (Å²) in [6.45, 7) is -0.721. The number of aromatic nitrogens is 3. The van der Waals surface area contributed by atoms with Crippen molar-refractivity contribution in [3.05, 3.63) is 42.9 Å². The summed E-state index contributed by atoms with van der Waals surface area (Å²) in [6.07, 6.45) is -2.36. The second-order valence-corrected chi connectivity index (χ2v) is 7.72. The summed E-state index contributed by atoms with van der Waals surface area (Å²) >= 11 is 0. The van der Waals surface area contributed by atoms with E-state index in [9.17, 15) is 24.6 Å². The number of benzene rings is 1. The van der Waals surface area contributed by atoms with Gasteiger partial charge in [0.25, 0.3) is 0 Å². The maximum atomic E-state index is 10.7. The molecule has 1 aliphatic heterocycles. The molecular formula is C17H17N4Na2O7P. The molecule has 0 radical (unpaired) electrons. The molecule has 0 aliphatic carbocycles. The average Bonchev–Trinajstić information content (AvgIpc) is 3.20. The van der Waals surface area contributed by atoms with Gasteiger partial charge < -0.3 is 44.1 Å². The van der Waals surface area contributed by atoms with Gasteiger partial charge in [-0.05, 0) is 5.56 Å². The number of phosphoric ester groups is 1. The fraction of sp³-hybridized carbons (Fsp3) is 0.294. The number of nitrogens with two attached hydrogens (primary N) is 1. The van der Waals surface area contributed by atoms with Crippen LogP contribution < -0.4 is 74.6 Å². The van der Waals surface area contributed by atoms with Gasteiger partial charge in [0.2, 0.25) is 0 Å². The van der Waals surface area contributed by atoms with E-state index in [0.717, 1.165) is 5.56 Å². The number of hydrogen-bond acceptors (Lipinski definition) is 10. The van der Waals surface area contributed by atoms with Crippen LogP contribution >= 0.6 is 7.82 Å². The molecule has 1 saturated heterocycles. The Bertz CT molecular complexity index is 1080. The fourth-order valence-electron chi connectivity index (χ4n) is 3.40. The van der Waals surface area contributed by atoms with Crippen molar-refractivity contribution in [1.29, 1.82) is 0 Å². The van der Waals surface area contributed by atoms with Gasteiger partial charge >= 0.3 is 59.1 Å². The van der Waals surface area contributed by atoms with Gasteiger partial charge in [0.15, 0.2) is 6.23 Å². The van der Waals surface area contributed by atoms with E-state index in [-0.39, 0.29) is 64.9 Å². The number of aliphatic hydroxyl groups excluding tert-OH is 2. The number of fused-ring (bicyclic) bond motifs is 1. The van der Waals surface area contributed by atoms with Gasteiger partial charge in [0, 0.05) is 11.8 Å². The van der Waals surface area contributed by atoms with E-state index >= 15 is 0 Å². The molecule has 4 N–H and O–H groups in total. The Labute approximate surface area is 221 Å². The van der Waals surface area contributed by atoms with Crippen molar-refractivity contribution in [2.45, 2.75) is 24.5 Å². The van der Waals surface area contributed by atoms with Crippen molar-refractivity contribution < 1.29 is 92.9 Å². The first-order valence-electron chi connectivity index (χ1n) is 8.61. The summed E-state index contributed by atoms with van der Waals surface area (Å²) in [5.74, 6) is 0.221. The van der Waals surface area contributed by atoms with E-state index in [1.165, 1.54) is 10.9 Å². The molecule has 31 heavy (non-hydrogen) atoms. The second kappa shape index (κ2) is 10.7. The van der Waals surface area contributed by atoms with E-state index in [1.54, 1.807) is 6.20 Å². The quantitative estimate of drug-likeness (QED) is 0.242. The van der Waals surface area contributed by atoms with Crippen LogP contribution in [0.1, 0.15) is 6.23 Å². The summed E-state index contributed by atoms with van der Waals surface area (Å²) in [7, 11) is -5.25. The molecule has 1 fully saturated rings. The van der Waals surface area contributed by atoms with Crippen LogP contribution in [0, 0.1) is 0 Å². The molecular weight excluding hydrogens is 449 g/mol. The molecule has 0 amide bonds. The smallest absolute Gasteiger partial charge is 0.790 e. The van der Waals surface area contributed by atoms with Crippen molar-refractivity contribution in [2.24, 2.45) is 0 Å². The minimum atomic E-state index is -5.25. The number of rotatable bonds is 5. The summed E-state index contributed by atoms with van der Waals surface area (Å²) in [5.41, 5.74) is 7.92. The Kier molecular flexibility index (Phi) is 9.28. The third kappa shape index (κ3) is 5.59. The number of nitrogen functional groups attached to an aromatic ring is 1. The van der Waals surface area contributed by atoms with Gasteiger partial charge in [-0.3, -0.25) is 0 Å². The monoisotopic (exact) mass is 466 g/mol. The molecule has 154 valence electrons. The molecule has 3 heterocycles. The van der Waals surface area contributed by atoms with Gasteiger partial charge in [-0.1, -0.05) is 30.3 Å². The van der Waals surface area contributed by atoms with E-state index in [0.29, 0.717) is 16.6 Å². The van der Waals surface area contributed by atoms with Crippen LogP contribution in [0.15, 0.2) is 42.9 Å². The first-order valence-corrected chi connectivity index (χ1v) is 10.1. The molecule has 4 atom stereocenters. The normalized spacial score (nSPS) is 23.4. The molecule has 1 aliphatic rings.